The summed E-state index contributed by atoms with van der Waals surface area (Å²) in [5.41, 5.74) is 0.458. The zero-order valence-electron chi connectivity index (χ0n) is 9.05. The van der Waals surface area contributed by atoms with Crippen LogP contribution in [-0.2, 0) is 4.79 Å². The lowest BCUT2D eigenvalue weighted by molar-refractivity contribution is -0.132. The number of carbonyl (C=O) groups is 1. The van der Waals surface area contributed by atoms with Crippen LogP contribution in [0.3, 0.4) is 0 Å². The van der Waals surface area contributed by atoms with Gasteiger partial charge in [0.25, 0.3) is 0 Å². The first-order valence-corrected chi connectivity index (χ1v) is 4.82. The second kappa shape index (κ2) is 5.05. The highest BCUT2D eigenvalue weighted by atomic mass is 16.4. The Morgan fingerprint density at radius 3 is 2.38 bits per heavy atom. The van der Waals surface area contributed by atoms with Crippen molar-refractivity contribution in [2.45, 2.75) is 47.0 Å². The number of carboxylic acid groups (broad SMARTS) is 1. The van der Waals surface area contributed by atoms with Gasteiger partial charge in [-0.15, -0.1) is 0 Å². The van der Waals surface area contributed by atoms with Crippen molar-refractivity contribution in [3.63, 3.8) is 0 Å². The van der Waals surface area contributed by atoms with Crippen LogP contribution < -0.4 is 0 Å². The highest BCUT2D eigenvalue weighted by Crippen LogP contribution is 2.26. The van der Waals surface area contributed by atoms with Crippen LogP contribution in [0.4, 0.5) is 0 Å². The summed E-state index contributed by atoms with van der Waals surface area (Å²) in [5, 5.41) is 8.70. The fraction of sp³-hybridized carbons (Fsp3) is 0.727. The van der Waals surface area contributed by atoms with Gasteiger partial charge in [0.2, 0.25) is 0 Å². The number of carboxylic acids is 1. The summed E-state index contributed by atoms with van der Waals surface area (Å²) in [6.45, 7) is 7.95. The van der Waals surface area contributed by atoms with Crippen LogP contribution in [0.25, 0.3) is 0 Å². The van der Waals surface area contributed by atoms with E-state index in [4.69, 9.17) is 5.11 Å². The van der Waals surface area contributed by atoms with E-state index in [2.05, 4.69) is 20.8 Å². The van der Waals surface area contributed by atoms with Crippen LogP contribution in [0, 0.1) is 5.41 Å². The number of hydrogen-bond acceptors (Lipinski definition) is 1. The van der Waals surface area contributed by atoms with Crippen molar-refractivity contribution >= 4 is 5.97 Å². The Kier molecular flexibility index (Phi) is 4.74. The maximum absolute atomic E-state index is 10.6. The fourth-order valence-electron chi connectivity index (χ4n) is 1.35. The van der Waals surface area contributed by atoms with Gasteiger partial charge >= 0.3 is 5.97 Å². The van der Waals surface area contributed by atoms with E-state index < -0.39 is 5.97 Å². The number of allylic oxidation sites excluding steroid dienone is 1. The molecule has 0 aliphatic heterocycles. The summed E-state index contributed by atoms with van der Waals surface area (Å²) in [7, 11) is 0. The predicted molar refractivity (Wildman–Crippen MR) is 54.7 cm³/mol. The summed E-state index contributed by atoms with van der Waals surface area (Å²) in [6.07, 6.45) is 5.21. The van der Waals surface area contributed by atoms with Crippen molar-refractivity contribution in [3.05, 3.63) is 11.6 Å². The normalized spacial score (nSPS) is 13.1. The van der Waals surface area contributed by atoms with Gasteiger partial charge in [-0.2, -0.15) is 0 Å². The molecule has 0 atom stereocenters. The standard InChI is InChI=1S/C11H20O2/c1-5-6-7-11(3,4)8-9(2)10(12)13/h8H,5-7H2,1-4H3,(H,12,13)/b9-8+. The predicted octanol–water partition coefficient (Wildman–Crippen LogP) is 3.23. The van der Waals surface area contributed by atoms with Gasteiger partial charge in [0, 0.05) is 5.57 Å². The van der Waals surface area contributed by atoms with E-state index in [-0.39, 0.29) is 5.41 Å². The lowest BCUT2D eigenvalue weighted by Gasteiger charge is -2.20. The summed E-state index contributed by atoms with van der Waals surface area (Å²) in [4.78, 5) is 10.6. The Labute approximate surface area is 80.7 Å². The Morgan fingerprint density at radius 2 is 2.00 bits per heavy atom. The van der Waals surface area contributed by atoms with E-state index in [1.807, 2.05) is 6.08 Å². The molecule has 0 fully saturated rings. The molecule has 0 unspecified atom stereocenters. The van der Waals surface area contributed by atoms with Gasteiger partial charge in [0.1, 0.15) is 0 Å². The first-order chi connectivity index (χ1) is 5.89. The largest absolute Gasteiger partial charge is 0.478 e. The zero-order chi connectivity index (χ0) is 10.5. The molecule has 13 heavy (non-hydrogen) atoms. The first-order valence-electron chi connectivity index (χ1n) is 4.82. The minimum absolute atomic E-state index is 0.0124. The molecular formula is C11H20O2. The van der Waals surface area contributed by atoms with Crippen molar-refractivity contribution in [2.75, 3.05) is 0 Å². The minimum Gasteiger partial charge on any atom is -0.478 e. The molecule has 1 N–H and O–H groups in total. The van der Waals surface area contributed by atoms with Crippen molar-refractivity contribution in [3.8, 4) is 0 Å². The molecule has 0 bridgehead atoms. The minimum atomic E-state index is -0.815. The third kappa shape index (κ3) is 5.45. The van der Waals surface area contributed by atoms with E-state index in [0.717, 1.165) is 19.3 Å². The van der Waals surface area contributed by atoms with E-state index in [1.165, 1.54) is 0 Å². The maximum Gasteiger partial charge on any atom is 0.330 e. The van der Waals surface area contributed by atoms with Gasteiger partial charge in [0.05, 0.1) is 0 Å². The molecule has 0 saturated carbocycles. The number of hydrogen-bond donors (Lipinski definition) is 1. The number of unbranched alkanes of at least 4 members (excludes halogenated alkanes) is 1. The van der Waals surface area contributed by atoms with E-state index >= 15 is 0 Å². The van der Waals surface area contributed by atoms with Gasteiger partial charge in [-0.1, -0.05) is 39.7 Å². The summed E-state index contributed by atoms with van der Waals surface area (Å²) >= 11 is 0. The molecule has 0 rings (SSSR count). The van der Waals surface area contributed by atoms with Crippen LogP contribution in [0.5, 0.6) is 0 Å². The summed E-state index contributed by atoms with van der Waals surface area (Å²) in [5.74, 6) is -0.815. The average Bonchev–Trinajstić information content (AvgIpc) is 2.00. The maximum atomic E-state index is 10.6. The molecule has 0 aliphatic rings. The molecule has 76 valence electrons. The summed E-state index contributed by atoms with van der Waals surface area (Å²) in [6, 6.07) is 0. The SMILES string of the molecule is CCCCC(C)(C)/C=C(\C)C(=O)O. The van der Waals surface area contributed by atoms with Gasteiger partial charge in [-0.05, 0) is 18.8 Å². The molecule has 0 aliphatic carbocycles. The second-order valence-corrected chi connectivity index (χ2v) is 4.22. The highest BCUT2D eigenvalue weighted by molar-refractivity contribution is 5.85. The van der Waals surface area contributed by atoms with Crippen molar-refractivity contribution in [1.82, 2.24) is 0 Å². The zero-order valence-corrected chi connectivity index (χ0v) is 9.05. The molecule has 0 aromatic rings. The Balaban J connectivity index is 4.29. The quantitative estimate of drug-likeness (QED) is 0.666. The average molecular weight is 184 g/mol. The van der Waals surface area contributed by atoms with Gasteiger partial charge in [-0.3, -0.25) is 0 Å². The molecule has 0 aromatic heterocycles. The topological polar surface area (TPSA) is 37.3 Å². The van der Waals surface area contributed by atoms with Crippen molar-refractivity contribution in [2.24, 2.45) is 5.41 Å². The Hall–Kier alpha value is -0.790. The van der Waals surface area contributed by atoms with Crippen molar-refractivity contribution < 1.29 is 9.90 Å². The molecule has 0 radical (unpaired) electrons. The van der Waals surface area contributed by atoms with E-state index in [0.29, 0.717) is 5.57 Å². The molecular weight excluding hydrogens is 164 g/mol. The van der Waals surface area contributed by atoms with Crippen LogP contribution >= 0.6 is 0 Å². The summed E-state index contributed by atoms with van der Waals surface area (Å²) < 4.78 is 0. The second-order valence-electron chi connectivity index (χ2n) is 4.22. The monoisotopic (exact) mass is 184 g/mol. The van der Waals surface area contributed by atoms with Crippen LogP contribution in [0.15, 0.2) is 11.6 Å². The van der Waals surface area contributed by atoms with Crippen LogP contribution in [0.1, 0.15) is 47.0 Å². The Bertz CT molecular complexity index is 202. The van der Waals surface area contributed by atoms with E-state index in [9.17, 15) is 4.79 Å². The smallest absolute Gasteiger partial charge is 0.330 e. The molecule has 0 heterocycles. The number of rotatable bonds is 5. The van der Waals surface area contributed by atoms with Gasteiger partial charge < -0.3 is 5.11 Å². The highest BCUT2D eigenvalue weighted by Gasteiger charge is 2.15. The van der Waals surface area contributed by atoms with Crippen LogP contribution in [-0.4, -0.2) is 11.1 Å². The first kappa shape index (κ1) is 12.2. The molecule has 0 spiro atoms. The lowest BCUT2D eigenvalue weighted by atomic mass is 9.85. The molecule has 0 saturated heterocycles. The number of aliphatic carboxylic acids is 1. The molecule has 0 amide bonds. The lowest BCUT2D eigenvalue weighted by Crippen LogP contribution is -2.10. The van der Waals surface area contributed by atoms with Crippen molar-refractivity contribution in [1.29, 1.82) is 0 Å². The third-order valence-corrected chi connectivity index (χ3v) is 2.12. The molecule has 0 aromatic carbocycles. The van der Waals surface area contributed by atoms with Crippen LogP contribution in [0.2, 0.25) is 0 Å². The van der Waals surface area contributed by atoms with Gasteiger partial charge in [-0.25, -0.2) is 4.79 Å². The Morgan fingerprint density at radius 1 is 1.46 bits per heavy atom. The van der Waals surface area contributed by atoms with Gasteiger partial charge in [0.15, 0.2) is 0 Å². The third-order valence-electron chi connectivity index (χ3n) is 2.12. The molecule has 2 heteroatoms. The van der Waals surface area contributed by atoms with E-state index in [1.54, 1.807) is 6.92 Å². The fourth-order valence-corrected chi connectivity index (χ4v) is 1.35. The molecule has 2 nitrogen and oxygen atoms in total.